The second-order valence-corrected chi connectivity index (χ2v) is 9.46. The molecular formula is C19H29N7O3S. The van der Waals surface area contributed by atoms with Crippen molar-refractivity contribution < 1.29 is 13.2 Å². The maximum absolute atomic E-state index is 13.0. The van der Waals surface area contributed by atoms with Crippen LogP contribution in [-0.2, 0) is 21.3 Å². The van der Waals surface area contributed by atoms with E-state index in [1.807, 2.05) is 31.4 Å². The Kier molecular flexibility index (Phi) is 5.94. The quantitative estimate of drug-likeness (QED) is 0.676. The minimum absolute atomic E-state index is 0.122. The molecule has 2 aromatic rings. The lowest BCUT2D eigenvalue weighted by Crippen LogP contribution is -2.49. The third-order valence-electron chi connectivity index (χ3n) is 5.58. The maximum Gasteiger partial charge on any atom is 0.262 e. The molecule has 164 valence electrons. The summed E-state index contributed by atoms with van der Waals surface area (Å²) in [6.45, 7) is 11.3. The summed E-state index contributed by atoms with van der Waals surface area (Å²) < 4.78 is 34.8. The zero-order valence-electron chi connectivity index (χ0n) is 17.8. The van der Waals surface area contributed by atoms with Crippen LogP contribution in [0.25, 0.3) is 0 Å². The topological polar surface area (TPSA) is 96.7 Å². The minimum Gasteiger partial charge on any atom is -0.378 e. The van der Waals surface area contributed by atoms with Gasteiger partial charge in [-0.15, -0.1) is 0 Å². The first-order valence-corrected chi connectivity index (χ1v) is 11.8. The second-order valence-electron chi connectivity index (χ2n) is 7.57. The molecule has 4 rings (SSSR count). The molecule has 11 heteroatoms. The van der Waals surface area contributed by atoms with Crippen molar-refractivity contribution in [2.75, 3.05) is 62.3 Å². The SMILES string of the molecule is CCn1cc(S(=O)(=O)N2CCN(c3nc(C)cc(N4CCOCC4)n3)CC2)nc1C. The number of anilines is 2. The summed E-state index contributed by atoms with van der Waals surface area (Å²) in [5, 5.41) is 0.122. The number of morpholine rings is 1. The summed E-state index contributed by atoms with van der Waals surface area (Å²) in [6.07, 6.45) is 1.62. The highest BCUT2D eigenvalue weighted by molar-refractivity contribution is 7.89. The average molecular weight is 436 g/mol. The van der Waals surface area contributed by atoms with Crippen molar-refractivity contribution in [1.29, 1.82) is 0 Å². The fourth-order valence-corrected chi connectivity index (χ4v) is 5.23. The van der Waals surface area contributed by atoms with Crippen molar-refractivity contribution in [1.82, 2.24) is 23.8 Å². The van der Waals surface area contributed by atoms with Crippen LogP contribution in [0.15, 0.2) is 17.3 Å². The van der Waals surface area contributed by atoms with Crippen LogP contribution in [0.3, 0.4) is 0 Å². The molecule has 2 aliphatic rings. The Labute approximate surface area is 177 Å². The van der Waals surface area contributed by atoms with Gasteiger partial charge in [-0.05, 0) is 20.8 Å². The number of rotatable bonds is 5. The molecule has 0 saturated carbocycles. The van der Waals surface area contributed by atoms with E-state index in [0.717, 1.165) is 24.6 Å². The summed E-state index contributed by atoms with van der Waals surface area (Å²) in [4.78, 5) is 17.9. The van der Waals surface area contributed by atoms with E-state index in [1.54, 1.807) is 6.20 Å². The number of piperazine rings is 1. The number of imidazole rings is 1. The highest BCUT2D eigenvalue weighted by atomic mass is 32.2. The lowest BCUT2D eigenvalue weighted by atomic mass is 10.3. The zero-order valence-corrected chi connectivity index (χ0v) is 18.6. The van der Waals surface area contributed by atoms with Crippen LogP contribution in [0.4, 0.5) is 11.8 Å². The van der Waals surface area contributed by atoms with Crippen LogP contribution in [0.5, 0.6) is 0 Å². The average Bonchev–Trinajstić information content (AvgIpc) is 3.15. The third kappa shape index (κ3) is 4.14. The van der Waals surface area contributed by atoms with E-state index in [4.69, 9.17) is 9.72 Å². The van der Waals surface area contributed by atoms with Gasteiger partial charge in [0.15, 0.2) is 5.03 Å². The first kappa shape index (κ1) is 21.0. The summed E-state index contributed by atoms with van der Waals surface area (Å²) in [6, 6.07) is 1.99. The normalized spacial score (nSPS) is 18.8. The fourth-order valence-electron chi connectivity index (χ4n) is 3.82. The molecule has 2 saturated heterocycles. The number of sulfonamides is 1. The van der Waals surface area contributed by atoms with Crippen LogP contribution in [0.2, 0.25) is 0 Å². The first-order chi connectivity index (χ1) is 14.4. The van der Waals surface area contributed by atoms with Gasteiger partial charge in [-0.1, -0.05) is 0 Å². The smallest absolute Gasteiger partial charge is 0.262 e. The summed E-state index contributed by atoms with van der Waals surface area (Å²) >= 11 is 0. The van der Waals surface area contributed by atoms with E-state index in [0.29, 0.717) is 57.7 Å². The maximum atomic E-state index is 13.0. The molecule has 0 unspecified atom stereocenters. The molecule has 0 atom stereocenters. The van der Waals surface area contributed by atoms with Crippen molar-refractivity contribution >= 4 is 21.8 Å². The van der Waals surface area contributed by atoms with Gasteiger partial charge in [0.05, 0.1) is 13.2 Å². The van der Waals surface area contributed by atoms with E-state index < -0.39 is 10.0 Å². The van der Waals surface area contributed by atoms with E-state index >= 15 is 0 Å². The van der Waals surface area contributed by atoms with Gasteiger partial charge in [-0.25, -0.2) is 18.4 Å². The Morgan fingerprint density at radius 2 is 1.67 bits per heavy atom. The van der Waals surface area contributed by atoms with Gasteiger partial charge < -0.3 is 19.1 Å². The Balaban J connectivity index is 1.47. The molecule has 2 aliphatic heterocycles. The van der Waals surface area contributed by atoms with E-state index in [-0.39, 0.29) is 5.03 Å². The third-order valence-corrected chi connectivity index (χ3v) is 7.35. The molecule has 2 aromatic heterocycles. The Bertz CT molecular complexity index is 994. The molecule has 0 radical (unpaired) electrons. The first-order valence-electron chi connectivity index (χ1n) is 10.4. The predicted octanol–water partition coefficient (Wildman–Crippen LogP) is 0.657. The lowest BCUT2D eigenvalue weighted by molar-refractivity contribution is 0.122. The molecule has 0 aromatic carbocycles. The Hall–Kier alpha value is -2.24. The second kappa shape index (κ2) is 8.48. The van der Waals surface area contributed by atoms with Gasteiger partial charge >= 0.3 is 0 Å². The van der Waals surface area contributed by atoms with Gasteiger partial charge in [-0.2, -0.15) is 9.29 Å². The van der Waals surface area contributed by atoms with Crippen LogP contribution < -0.4 is 9.80 Å². The number of nitrogens with zero attached hydrogens (tertiary/aromatic N) is 7. The molecule has 0 bridgehead atoms. The molecular weight excluding hydrogens is 406 g/mol. The van der Waals surface area contributed by atoms with Crippen molar-refractivity contribution in [2.24, 2.45) is 0 Å². The van der Waals surface area contributed by atoms with Crippen molar-refractivity contribution in [3.63, 3.8) is 0 Å². The minimum atomic E-state index is -3.60. The van der Waals surface area contributed by atoms with Crippen LogP contribution in [0.1, 0.15) is 18.4 Å². The standard InChI is InChI=1S/C19H29N7O3S/c1-4-23-14-18(21-16(23)3)30(27,28)26-7-5-25(6-8-26)19-20-15(2)13-17(22-19)24-9-11-29-12-10-24/h13-14H,4-12H2,1-3H3. The molecule has 0 aliphatic carbocycles. The van der Waals surface area contributed by atoms with E-state index in [2.05, 4.69) is 19.8 Å². The molecule has 4 heterocycles. The monoisotopic (exact) mass is 435 g/mol. The number of aryl methyl sites for hydroxylation is 3. The highest BCUT2D eigenvalue weighted by Crippen LogP contribution is 2.22. The fraction of sp³-hybridized carbons (Fsp3) is 0.632. The summed E-state index contributed by atoms with van der Waals surface area (Å²) in [5.41, 5.74) is 0.900. The predicted molar refractivity (Wildman–Crippen MR) is 113 cm³/mol. The van der Waals surface area contributed by atoms with Gasteiger partial charge in [0, 0.05) is 63.8 Å². The molecule has 0 amide bonds. The van der Waals surface area contributed by atoms with Crippen LogP contribution in [0, 0.1) is 13.8 Å². The van der Waals surface area contributed by atoms with Gasteiger partial charge in [0.2, 0.25) is 5.95 Å². The Morgan fingerprint density at radius 1 is 0.967 bits per heavy atom. The molecule has 2 fully saturated rings. The van der Waals surface area contributed by atoms with Gasteiger partial charge in [0.1, 0.15) is 11.6 Å². The largest absolute Gasteiger partial charge is 0.378 e. The Morgan fingerprint density at radius 3 is 2.30 bits per heavy atom. The van der Waals surface area contributed by atoms with Gasteiger partial charge in [0.25, 0.3) is 10.0 Å². The van der Waals surface area contributed by atoms with Crippen molar-refractivity contribution in [3.05, 3.63) is 23.8 Å². The number of hydrogen-bond acceptors (Lipinski definition) is 8. The summed E-state index contributed by atoms with van der Waals surface area (Å²) in [5.74, 6) is 2.26. The molecule has 30 heavy (non-hydrogen) atoms. The zero-order chi connectivity index (χ0) is 21.3. The number of ether oxygens (including phenoxy) is 1. The van der Waals surface area contributed by atoms with Gasteiger partial charge in [-0.3, -0.25) is 0 Å². The van der Waals surface area contributed by atoms with E-state index in [1.165, 1.54) is 4.31 Å². The lowest BCUT2D eigenvalue weighted by Gasteiger charge is -2.34. The van der Waals surface area contributed by atoms with Crippen molar-refractivity contribution in [3.8, 4) is 0 Å². The van der Waals surface area contributed by atoms with E-state index in [9.17, 15) is 8.42 Å². The van der Waals surface area contributed by atoms with Crippen molar-refractivity contribution in [2.45, 2.75) is 32.3 Å². The number of aromatic nitrogens is 4. The van der Waals surface area contributed by atoms with Crippen LogP contribution >= 0.6 is 0 Å². The van der Waals surface area contributed by atoms with Crippen LogP contribution in [-0.4, -0.2) is 84.7 Å². The molecule has 10 nitrogen and oxygen atoms in total. The number of hydrogen-bond donors (Lipinski definition) is 0. The summed E-state index contributed by atoms with van der Waals surface area (Å²) in [7, 11) is -3.60. The highest BCUT2D eigenvalue weighted by Gasteiger charge is 2.31. The molecule has 0 N–H and O–H groups in total. The molecule has 0 spiro atoms.